The molecule has 2 aliphatic rings. The standard InChI is InChI=1S/C14H17NO3/c1-8-4-5-18-14(8)13(17)9-2-3-11-10(6-9)7-12(16)15-11/h2-3,6,8,13-14,17H,4-5,7H2,1H3,(H,15,16). The molecule has 3 rings (SSSR count). The lowest BCUT2D eigenvalue weighted by molar-refractivity contribution is -0.115. The summed E-state index contributed by atoms with van der Waals surface area (Å²) in [7, 11) is 0. The van der Waals surface area contributed by atoms with E-state index in [-0.39, 0.29) is 12.0 Å². The van der Waals surface area contributed by atoms with E-state index in [2.05, 4.69) is 12.2 Å². The van der Waals surface area contributed by atoms with Gasteiger partial charge in [0.25, 0.3) is 0 Å². The molecular weight excluding hydrogens is 230 g/mol. The molecule has 1 amide bonds. The van der Waals surface area contributed by atoms with Gasteiger partial charge in [0.1, 0.15) is 6.10 Å². The third-order valence-corrected chi connectivity index (χ3v) is 3.85. The van der Waals surface area contributed by atoms with Crippen LogP contribution in [0.4, 0.5) is 5.69 Å². The predicted molar refractivity (Wildman–Crippen MR) is 67.3 cm³/mol. The molecule has 1 fully saturated rings. The molecule has 3 unspecified atom stereocenters. The molecule has 3 atom stereocenters. The van der Waals surface area contributed by atoms with Gasteiger partial charge in [-0.1, -0.05) is 19.1 Å². The van der Waals surface area contributed by atoms with Gasteiger partial charge in [-0.25, -0.2) is 0 Å². The number of fused-ring (bicyclic) bond motifs is 1. The average Bonchev–Trinajstić information content (AvgIpc) is 2.91. The van der Waals surface area contributed by atoms with Crippen molar-refractivity contribution in [3.63, 3.8) is 0 Å². The maximum absolute atomic E-state index is 11.3. The van der Waals surface area contributed by atoms with E-state index in [9.17, 15) is 9.90 Å². The van der Waals surface area contributed by atoms with Gasteiger partial charge < -0.3 is 15.2 Å². The first-order valence-corrected chi connectivity index (χ1v) is 6.37. The minimum atomic E-state index is -0.608. The summed E-state index contributed by atoms with van der Waals surface area (Å²) >= 11 is 0. The summed E-state index contributed by atoms with van der Waals surface area (Å²) in [4.78, 5) is 11.3. The van der Waals surface area contributed by atoms with Gasteiger partial charge in [-0.2, -0.15) is 0 Å². The number of aliphatic hydroxyl groups excluding tert-OH is 1. The fraction of sp³-hybridized carbons (Fsp3) is 0.500. The Balaban J connectivity index is 1.85. The molecule has 4 nitrogen and oxygen atoms in total. The van der Waals surface area contributed by atoms with Gasteiger partial charge in [-0.05, 0) is 29.5 Å². The number of benzene rings is 1. The highest BCUT2D eigenvalue weighted by Gasteiger charge is 2.32. The van der Waals surface area contributed by atoms with E-state index in [0.717, 1.165) is 23.2 Å². The number of ether oxygens (including phenoxy) is 1. The average molecular weight is 247 g/mol. The summed E-state index contributed by atoms with van der Waals surface area (Å²) in [6.07, 6.45) is 0.653. The van der Waals surface area contributed by atoms with Crippen molar-refractivity contribution in [2.24, 2.45) is 5.92 Å². The van der Waals surface area contributed by atoms with Crippen LogP contribution in [-0.2, 0) is 16.0 Å². The molecule has 0 bridgehead atoms. The SMILES string of the molecule is CC1CCOC1C(O)c1ccc2c(c1)CC(=O)N2. The van der Waals surface area contributed by atoms with Crippen molar-refractivity contribution in [2.45, 2.75) is 32.0 Å². The molecule has 0 spiro atoms. The van der Waals surface area contributed by atoms with Crippen LogP contribution in [0.1, 0.15) is 30.6 Å². The predicted octanol–water partition coefficient (Wildman–Crippen LogP) is 1.64. The Hall–Kier alpha value is -1.39. The molecule has 0 saturated carbocycles. The quantitative estimate of drug-likeness (QED) is 0.835. The monoisotopic (exact) mass is 247 g/mol. The molecule has 1 aromatic rings. The van der Waals surface area contributed by atoms with Gasteiger partial charge in [0, 0.05) is 12.3 Å². The third kappa shape index (κ3) is 1.91. The summed E-state index contributed by atoms with van der Waals surface area (Å²) in [6, 6.07) is 5.63. The Bertz CT molecular complexity index is 486. The number of anilines is 1. The number of carbonyl (C=O) groups excluding carboxylic acids is 1. The molecule has 2 aliphatic heterocycles. The molecular formula is C14H17NO3. The summed E-state index contributed by atoms with van der Waals surface area (Å²) in [5.74, 6) is 0.384. The van der Waals surface area contributed by atoms with Crippen molar-refractivity contribution in [2.75, 3.05) is 11.9 Å². The maximum atomic E-state index is 11.3. The van der Waals surface area contributed by atoms with Crippen molar-refractivity contribution in [1.29, 1.82) is 0 Å². The summed E-state index contributed by atoms with van der Waals surface area (Å²) in [6.45, 7) is 2.81. The lowest BCUT2D eigenvalue weighted by Crippen LogP contribution is -2.23. The number of amides is 1. The van der Waals surface area contributed by atoms with Crippen LogP contribution in [-0.4, -0.2) is 23.7 Å². The number of rotatable bonds is 2. The number of aliphatic hydroxyl groups is 1. The fourth-order valence-corrected chi connectivity index (χ4v) is 2.74. The van der Waals surface area contributed by atoms with Crippen molar-refractivity contribution < 1.29 is 14.6 Å². The highest BCUT2D eigenvalue weighted by molar-refractivity contribution is 5.99. The summed E-state index contributed by atoms with van der Waals surface area (Å²) in [5.41, 5.74) is 2.66. The molecule has 4 heteroatoms. The van der Waals surface area contributed by atoms with Crippen LogP contribution in [0.2, 0.25) is 0 Å². The lowest BCUT2D eigenvalue weighted by Gasteiger charge is -2.22. The second-order valence-electron chi connectivity index (χ2n) is 5.19. The maximum Gasteiger partial charge on any atom is 0.228 e. The molecule has 2 N–H and O–H groups in total. The van der Waals surface area contributed by atoms with Crippen molar-refractivity contribution >= 4 is 11.6 Å². The third-order valence-electron chi connectivity index (χ3n) is 3.85. The zero-order valence-electron chi connectivity index (χ0n) is 10.3. The smallest absolute Gasteiger partial charge is 0.228 e. The topological polar surface area (TPSA) is 58.6 Å². The van der Waals surface area contributed by atoms with Gasteiger partial charge in [0.2, 0.25) is 5.91 Å². The zero-order valence-corrected chi connectivity index (χ0v) is 10.3. The van der Waals surface area contributed by atoms with E-state index in [1.165, 1.54) is 0 Å². The second kappa shape index (κ2) is 4.37. The van der Waals surface area contributed by atoms with Crippen LogP contribution in [0.3, 0.4) is 0 Å². The number of carbonyl (C=O) groups is 1. The fourth-order valence-electron chi connectivity index (χ4n) is 2.74. The van der Waals surface area contributed by atoms with Crippen molar-refractivity contribution in [1.82, 2.24) is 0 Å². The summed E-state index contributed by atoms with van der Waals surface area (Å²) < 4.78 is 5.59. The van der Waals surface area contributed by atoms with Gasteiger partial charge in [-0.3, -0.25) is 4.79 Å². The molecule has 0 aromatic heterocycles. The molecule has 1 saturated heterocycles. The molecule has 1 aromatic carbocycles. The van der Waals surface area contributed by atoms with E-state index in [1.807, 2.05) is 18.2 Å². The van der Waals surface area contributed by atoms with Gasteiger partial charge in [-0.15, -0.1) is 0 Å². The van der Waals surface area contributed by atoms with Crippen molar-refractivity contribution in [3.05, 3.63) is 29.3 Å². The Labute approximate surface area is 106 Å². The summed E-state index contributed by atoms with van der Waals surface area (Å²) in [5, 5.41) is 13.1. The molecule has 0 aliphatic carbocycles. The normalized spacial score (nSPS) is 28.0. The Morgan fingerprint density at radius 1 is 1.50 bits per heavy atom. The first-order valence-electron chi connectivity index (χ1n) is 6.37. The van der Waals surface area contributed by atoms with E-state index >= 15 is 0 Å². The first-order chi connectivity index (χ1) is 8.65. The van der Waals surface area contributed by atoms with E-state index in [4.69, 9.17) is 4.74 Å². The Kier molecular flexibility index (Phi) is 2.84. The Morgan fingerprint density at radius 3 is 3.06 bits per heavy atom. The van der Waals surface area contributed by atoms with E-state index in [0.29, 0.717) is 18.9 Å². The zero-order chi connectivity index (χ0) is 12.7. The minimum Gasteiger partial charge on any atom is -0.386 e. The second-order valence-corrected chi connectivity index (χ2v) is 5.19. The van der Waals surface area contributed by atoms with Crippen LogP contribution in [0.25, 0.3) is 0 Å². The number of hydrogen-bond donors (Lipinski definition) is 2. The van der Waals surface area contributed by atoms with Crippen LogP contribution < -0.4 is 5.32 Å². The Morgan fingerprint density at radius 2 is 2.33 bits per heavy atom. The largest absolute Gasteiger partial charge is 0.386 e. The van der Waals surface area contributed by atoms with Crippen LogP contribution in [0, 0.1) is 5.92 Å². The number of nitrogens with one attached hydrogen (secondary N) is 1. The highest BCUT2D eigenvalue weighted by atomic mass is 16.5. The van der Waals surface area contributed by atoms with Crippen molar-refractivity contribution in [3.8, 4) is 0 Å². The minimum absolute atomic E-state index is 0.0159. The lowest BCUT2D eigenvalue weighted by atomic mass is 9.93. The van der Waals surface area contributed by atoms with E-state index in [1.54, 1.807) is 0 Å². The van der Waals surface area contributed by atoms with Crippen LogP contribution in [0.15, 0.2) is 18.2 Å². The molecule has 2 heterocycles. The van der Waals surface area contributed by atoms with Crippen LogP contribution in [0.5, 0.6) is 0 Å². The van der Waals surface area contributed by atoms with E-state index < -0.39 is 6.10 Å². The molecule has 96 valence electrons. The van der Waals surface area contributed by atoms with Gasteiger partial charge >= 0.3 is 0 Å². The van der Waals surface area contributed by atoms with Gasteiger partial charge in [0.15, 0.2) is 0 Å². The number of hydrogen-bond acceptors (Lipinski definition) is 3. The molecule has 0 radical (unpaired) electrons. The first kappa shape index (κ1) is 11.7. The molecule has 18 heavy (non-hydrogen) atoms. The highest BCUT2D eigenvalue weighted by Crippen LogP contribution is 2.33. The van der Waals surface area contributed by atoms with Crippen LogP contribution >= 0.6 is 0 Å². The van der Waals surface area contributed by atoms with Gasteiger partial charge in [0.05, 0.1) is 12.5 Å².